The van der Waals surface area contributed by atoms with Crippen molar-refractivity contribution in [2.24, 2.45) is 21.4 Å². The summed E-state index contributed by atoms with van der Waals surface area (Å²) < 4.78 is 13.2. The van der Waals surface area contributed by atoms with E-state index in [1.807, 2.05) is 54.0 Å². The number of imidazole rings is 1. The summed E-state index contributed by atoms with van der Waals surface area (Å²) in [5.41, 5.74) is 4.04. The minimum Gasteiger partial charge on any atom is -0.496 e. The molecule has 13 heteroatoms. The van der Waals surface area contributed by atoms with Gasteiger partial charge in [0.2, 0.25) is 5.78 Å². The Morgan fingerprint density at radius 3 is 2.55 bits per heavy atom. The molecule has 1 fully saturated rings. The Morgan fingerprint density at radius 1 is 1.02 bits per heavy atom. The number of fused-ring (bicyclic) bond motifs is 1. The number of carbonyl (C=O) groups excluding carboxylic acids is 2. The van der Waals surface area contributed by atoms with Gasteiger partial charge >= 0.3 is 0 Å². The predicted octanol–water partition coefficient (Wildman–Crippen LogP) is 7.72. The SMILES string of the molecule is CCOCCn1c(C(=O)C2CCN(CCC(CN(C)C(=O)c3cc(C4C=NN=N4)ccc3OC)c3ccc(Cl)c(Cl)c3)CC2)nc2ccccc21. The van der Waals surface area contributed by atoms with E-state index in [4.69, 9.17) is 37.7 Å². The van der Waals surface area contributed by atoms with Crippen LogP contribution < -0.4 is 4.74 Å². The molecule has 2 aliphatic heterocycles. The number of benzene rings is 3. The molecule has 2 unspecified atom stereocenters. The number of likely N-dealkylation sites (tertiary alicyclic amines) is 1. The lowest BCUT2D eigenvalue weighted by Gasteiger charge is -2.33. The van der Waals surface area contributed by atoms with E-state index in [2.05, 4.69) is 20.3 Å². The normalized spacial score (nSPS) is 16.9. The van der Waals surface area contributed by atoms with E-state index in [0.717, 1.165) is 61.1 Å². The molecule has 1 aromatic heterocycles. The van der Waals surface area contributed by atoms with Gasteiger partial charge in [0.15, 0.2) is 5.82 Å². The highest BCUT2D eigenvalue weighted by molar-refractivity contribution is 6.42. The molecule has 268 valence electrons. The van der Waals surface area contributed by atoms with Crippen molar-refractivity contribution in [3.63, 3.8) is 0 Å². The number of amides is 1. The third kappa shape index (κ3) is 8.49. The molecule has 11 nitrogen and oxygen atoms in total. The van der Waals surface area contributed by atoms with Gasteiger partial charge in [0.1, 0.15) is 11.8 Å². The average Bonchev–Trinajstić information content (AvgIpc) is 3.83. The van der Waals surface area contributed by atoms with Crippen molar-refractivity contribution < 1.29 is 19.1 Å². The van der Waals surface area contributed by atoms with Gasteiger partial charge in [-0.25, -0.2) is 4.98 Å². The van der Waals surface area contributed by atoms with E-state index in [0.29, 0.717) is 53.5 Å². The molecule has 1 saturated heterocycles. The first-order valence-corrected chi connectivity index (χ1v) is 18.1. The summed E-state index contributed by atoms with van der Waals surface area (Å²) in [5, 5.41) is 12.6. The van der Waals surface area contributed by atoms with Crippen LogP contribution in [0, 0.1) is 5.92 Å². The third-order valence-electron chi connectivity index (χ3n) is 9.78. The number of nitrogens with zero attached hydrogens (tertiary/aromatic N) is 7. The van der Waals surface area contributed by atoms with Gasteiger partial charge in [0.05, 0.1) is 46.6 Å². The van der Waals surface area contributed by atoms with Gasteiger partial charge in [-0.15, -0.1) is 5.10 Å². The maximum absolute atomic E-state index is 13.9. The molecule has 0 aliphatic carbocycles. The highest BCUT2D eigenvalue weighted by Gasteiger charge is 2.30. The molecule has 0 saturated carbocycles. The second-order valence-electron chi connectivity index (χ2n) is 13.0. The number of ether oxygens (including phenoxy) is 2. The standard InChI is InChI=1S/C38H43Cl2N7O4/c1-4-51-20-19-47-34-8-6-5-7-32(34)42-37(47)36(48)25-13-16-46(17-14-25)18-15-28(26-9-11-30(39)31(40)22-26)24-45(2)38(49)29-21-27(10-12-35(29)50-3)33-23-41-44-43-33/h5-12,21-23,25,28,33H,4,13-20,24H2,1-3H3. The molecule has 4 aromatic rings. The molecule has 51 heavy (non-hydrogen) atoms. The summed E-state index contributed by atoms with van der Waals surface area (Å²) in [6, 6.07) is 18.7. The largest absolute Gasteiger partial charge is 0.496 e. The maximum atomic E-state index is 13.9. The smallest absolute Gasteiger partial charge is 0.257 e. The molecule has 6 rings (SSSR count). The zero-order valence-electron chi connectivity index (χ0n) is 29.2. The van der Waals surface area contributed by atoms with Crippen LogP contribution in [-0.4, -0.2) is 90.8 Å². The number of hydrogen-bond donors (Lipinski definition) is 0. The van der Waals surface area contributed by atoms with Crippen LogP contribution in [0.15, 0.2) is 76.1 Å². The number of para-hydroxylation sites is 2. The molecular weight excluding hydrogens is 689 g/mol. The Kier molecular flexibility index (Phi) is 12.1. The van der Waals surface area contributed by atoms with Crippen molar-refractivity contribution in [3.05, 3.63) is 93.2 Å². The Bertz CT molecular complexity index is 1910. The summed E-state index contributed by atoms with van der Waals surface area (Å²) in [5.74, 6) is 0.807. The fraction of sp³-hybridized carbons (Fsp3) is 0.421. The van der Waals surface area contributed by atoms with Gasteiger partial charge in [-0.05, 0) is 98.6 Å². The molecule has 0 spiro atoms. The van der Waals surface area contributed by atoms with E-state index in [-0.39, 0.29) is 29.6 Å². The zero-order valence-corrected chi connectivity index (χ0v) is 30.7. The first-order valence-electron chi connectivity index (χ1n) is 17.4. The summed E-state index contributed by atoms with van der Waals surface area (Å²) in [6.07, 6.45) is 3.92. The fourth-order valence-corrected chi connectivity index (χ4v) is 7.22. The number of ketones is 1. The summed E-state index contributed by atoms with van der Waals surface area (Å²) in [4.78, 5) is 36.7. The molecule has 0 radical (unpaired) electrons. The second kappa shape index (κ2) is 16.9. The Hall–Kier alpha value is -4.16. The van der Waals surface area contributed by atoms with Gasteiger partial charge in [0, 0.05) is 38.6 Å². The lowest BCUT2D eigenvalue weighted by atomic mass is 9.90. The monoisotopic (exact) mass is 731 g/mol. The van der Waals surface area contributed by atoms with Gasteiger partial charge in [-0.3, -0.25) is 9.59 Å². The number of halogens is 2. The van der Waals surface area contributed by atoms with Crippen molar-refractivity contribution in [1.29, 1.82) is 0 Å². The lowest BCUT2D eigenvalue weighted by molar-refractivity contribution is 0.0776. The molecule has 1 amide bonds. The number of methoxy groups -OCH3 is 1. The van der Waals surface area contributed by atoms with E-state index in [1.54, 1.807) is 43.5 Å². The average molecular weight is 733 g/mol. The van der Waals surface area contributed by atoms with Crippen LogP contribution in [0.3, 0.4) is 0 Å². The highest BCUT2D eigenvalue weighted by Crippen LogP contribution is 2.32. The van der Waals surface area contributed by atoms with Crippen LogP contribution in [0.4, 0.5) is 0 Å². The van der Waals surface area contributed by atoms with E-state index < -0.39 is 0 Å². The van der Waals surface area contributed by atoms with Crippen LogP contribution in [-0.2, 0) is 11.3 Å². The molecule has 0 bridgehead atoms. The zero-order chi connectivity index (χ0) is 35.9. The van der Waals surface area contributed by atoms with Crippen LogP contribution >= 0.6 is 23.2 Å². The summed E-state index contributed by atoms with van der Waals surface area (Å²) in [7, 11) is 3.35. The number of Topliss-reactive ketones (excluding diaryl/α,β-unsaturated/α-hetero) is 1. The van der Waals surface area contributed by atoms with Crippen LogP contribution in [0.5, 0.6) is 5.75 Å². The molecule has 2 aliphatic rings. The summed E-state index contributed by atoms with van der Waals surface area (Å²) in [6.45, 7) is 6.54. The van der Waals surface area contributed by atoms with E-state index in [9.17, 15) is 9.59 Å². The number of likely N-dealkylation sites (N-methyl/N-ethyl adjacent to an activating group) is 1. The Labute approximate surface area is 308 Å². The highest BCUT2D eigenvalue weighted by atomic mass is 35.5. The number of piperidine rings is 1. The van der Waals surface area contributed by atoms with Gasteiger partial charge < -0.3 is 23.8 Å². The van der Waals surface area contributed by atoms with E-state index >= 15 is 0 Å². The maximum Gasteiger partial charge on any atom is 0.257 e. The number of hydrogen-bond acceptors (Lipinski definition) is 9. The molecule has 3 aromatic carbocycles. The minimum absolute atomic E-state index is 0.0248. The van der Waals surface area contributed by atoms with E-state index in [1.165, 1.54) is 0 Å². The fourth-order valence-electron chi connectivity index (χ4n) is 6.92. The van der Waals surface area contributed by atoms with Crippen LogP contribution in [0.2, 0.25) is 10.0 Å². The number of carbonyl (C=O) groups is 2. The number of aromatic nitrogens is 2. The minimum atomic E-state index is -0.335. The van der Waals surface area contributed by atoms with Gasteiger partial charge in [-0.2, -0.15) is 5.11 Å². The third-order valence-corrected chi connectivity index (χ3v) is 10.5. The van der Waals surface area contributed by atoms with Crippen molar-refractivity contribution >= 4 is 52.1 Å². The second-order valence-corrected chi connectivity index (χ2v) is 13.8. The van der Waals surface area contributed by atoms with Crippen LogP contribution in [0.1, 0.15) is 70.2 Å². The van der Waals surface area contributed by atoms with Crippen molar-refractivity contribution in [2.45, 2.75) is 44.7 Å². The lowest BCUT2D eigenvalue weighted by Crippen LogP contribution is -2.39. The first kappa shape index (κ1) is 36.6. The van der Waals surface area contributed by atoms with Gasteiger partial charge in [-0.1, -0.05) is 47.5 Å². The quantitative estimate of drug-likeness (QED) is 0.0914. The first-order chi connectivity index (χ1) is 24.8. The van der Waals surface area contributed by atoms with Gasteiger partial charge in [0.25, 0.3) is 5.91 Å². The molecule has 2 atom stereocenters. The van der Waals surface area contributed by atoms with Crippen molar-refractivity contribution in [3.8, 4) is 5.75 Å². The van der Waals surface area contributed by atoms with Crippen molar-refractivity contribution in [1.82, 2.24) is 19.4 Å². The molecule has 0 N–H and O–H groups in total. The Morgan fingerprint density at radius 2 is 1.82 bits per heavy atom. The summed E-state index contributed by atoms with van der Waals surface area (Å²) >= 11 is 12.8. The Balaban J connectivity index is 1.12. The number of rotatable bonds is 15. The molecule has 3 heterocycles. The predicted molar refractivity (Wildman–Crippen MR) is 200 cm³/mol. The van der Waals surface area contributed by atoms with Crippen LogP contribution in [0.25, 0.3) is 11.0 Å². The topological polar surface area (TPSA) is 114 Å². The molecular formula is C38H43Cl2N7O4. The van der Waals surface area contributed by atoms with Crippen molar-refractivity contribution in [2.75, 3.05) is 53.6 Å².